The molecule has 354 valence electrons. The molecule has 0 aliphatic rings. The number of allylic oxidation sites excluding steroid dienone is 8. The first-order chi connectivity index (χ1) is 29.6. The SMILES string of the molecule is CCCCC/C=C\C/C=C\C/C=C\C/C=C\CCCCCC(=O)NC(COP(=O)(O)OCC(O)COC(=O)CCCCCCCCCCCCCCCCCCCC)C(=O)O. The number of unbranched alkanes of at least 4 members (excludes halogenated alkanes) is 23. The van der Waals surface area contributed by atoms with Crippen molar-refractivity contribution in [3.05, 3.63) is 48.6 Å². The number of aliphatic hydroxyl groups is 1. The Morgan fingerprint density at radius 1 is 0.525 bits per heavy atom. The van der Waals surface area contributed by atoms with Crippen LogP contribution >= 0.6 is 7.82 Å². The van der Waals surface area contributed by atoms with Crippen LogP contribution in [0.3, 0.4) is 0 Å². The maximum absolute atomic E-state index is 12.3. The van der Waals surface area contributed by atoms with E-state index in [4.69, 9.17) is 13.8 Å². The molecule has 0 aliphatic heterocycles. The van der Waals surface area contributed by atoms with Crippen LogP contribution in [0.25, 0.3) is 0 Å². The van der Waals surface area contributed by atoms with Crippen LogP contribution in [0.4, 0.5) is 0 Å². The number of phosphoric acid groups is 1. The number of aliphatic carboxylic acids is 1. The number of carboxylic acids is 1. The number of carbonyl (C=O) groups is 3. The van der Waals surface area contributed by atoms with Gasteiger partial charge in [0.05, 0.1) is 13.2 Å². The summed E-state index contributed by atoms with van der Waals surface area (Å²) in [5, 5.41) is 21.9. The van der Waals surface area contributed by atoms with Gasteiger partial charge in [-0.1, -0.05) is 191 Å². The molecule has 3 unspecified atom stereocenters. The van der Waals surface area contributed by atoms with Crippen LogP contribution in [0.5, 0.6) is 0 Å². The molecule has 4 N–H and O–H groups in total. The number of phosphoric ester groups is 1. The molecule has 0 bridgehead atoms. The van der Waals surface area contributed by atoms with E-state index in [0.717, 1.165) is 57.8 Å². The fourth-order valence-corrected chi connectivity index (χ4v) is 7.37. The number of hydrogen-bond acceptors (Lipinski definition) is 8. The Labute approximate surface area is 371 Å². The average molecular weight is 882 g/mol. The molecule has 0 aromatic rings. The predicted molar refractivity (Wildman–Crippen MR) is 249 cm³/mol. The molecule has 0 radical (unpaired) electrons. The molecule has 0 aromatic carbocycles. The fourth-order valence-electron chi connectivity index (χ4n) is 6.59. The summed E-state index contributed by atoms with van der Waals surface area (Å²) in [5.41, 5.74) is 0. The third-order valence-corrected chi connectivity index (χ3v) is 11.3. The minimum atomic E-state index is -4.77. The Balaban J connectivity index is 3.91. The molecule has 0 heterocycles. The van der Waals surface area contributed by atoms with Crippen LogP contribution < -0.4 is 5.32 Å². The van der Waals surface area contributed by atoms with Gasteiger partial charge in [0.25, 0.3) is 0 Å². The third-order valence-electron chi connectivity index (χ3n) is 10.4. The zero-order chi connectivity index (χ0) is 44.9. The lowest BCUT2D eigenvalue weighted by atomic mass is 10.0. The van der Waals surface area contributed by atoms with Gasteiger partial charge in [0, 0.05) is 12.8 Å². The van der Waals surface area contributed by atoms with Gasteiger partial charge in [-0.25, -0.2) is 9.36 Å². The van der Waals surface area contributed by atoms with E-state index >= 15 is 0 Å². The highest BCUT2D eigenvalue weighted by molar-refractivity contribution is 7.47. The highest BCUT2D eigenvalue weighted by Gasteiger charge is 2.28. The minimum absolute atomic E-state index is 0.107. The lowest BCUT2D eigenvalue weighted by molar-refractivity contribution is -0.147. The first-order valence-electron chi connectivity index (χ1n) is 24.2. The van der Waals surface area contributed by atoms with Crippen LogP contribution in [-0.2, 0) is 32.7 Å². The van der Waals surface area contributed by atoms with Crippen LogP contribution in [-0.4, -0.2) is 64.9 Å². The molecule has 61 heavy (non-hydrogen) atoms. The van der Waals surface area contributed by atoms with E-state index in [1.165, 1.54) is 116 Å². The number of ether oxygens (including phenoxy) is 1. The molecule has 0 saturated heterocycles. The molecule has 12 heteroatoms. The fraction of sp³-hybridized carbons (Fsp3) is 0.776. The molecular weight excluding hydrogens is 794 g/mol. The minimum Gasteiger partial charge on any atom is -0.480 e. The van der Waals surface area contributed by atoms with Crippen molar-refractivity contribution >= 4 is 25.7 Å². The van der Waals surface area contributed by atoms with Gasteiger partial charge in [-0.3, -0.25) is 18.6 Å². The number of aliphatic hydroxyl groups excluding tert-OH is 1. The van der Waals surface area contributed by atoms with E-state index in [9.17, 15) is 34.1 Å². The lowest BCUT2D eigenvalue weighted by Gasteiger charge is -2.18. The van der Waals surface area contributed by atoms with Gasteiger partial charge in [0.15, 0.2) is 6.04 Å². The molecule has 0 rings (SSSR count). The molecule has 0 spiro atoms. The largest absolute Gasteiger partial charge is 0.480 e. The topological polar surface area (TPSA) is 169 Å². The van der Waals surface area contributed by atoms with Crippen molar-refractivity contribution in [2.45, 2.75) is 225 Å². The zero-order valence-electron chi connectivity index (χ0n) is 38.5. The Morgan fingerprint density at radius 2 is 0.902 bits per heavy atom. The van der Waals surface area contributed by atoms with Crippen molar-refractivity contribution in [1.29, 1.82) is 0 Å². The van der Waals surface area contributed by atoms with Gasteiger partial charge in [-0.15, -0.1) is 0 Å². The van der Waals surface area contributed by atoms with Crippen molar-refractivity contribution < 1.29 is 47.8 Å². The zero-order valence-corrected chi connectivity index (χ0v) is 39.4. The summed E-state index contributed by atoms with van der Waals surface area (Å²) in [6.07, 6.45) is 49.9. The normalized spacial score (nSPS) is 14.0. The van der Waals surface area contributed by atoms with Crippen molar-refractivity contribution in [3.8, 4) is 0 Å². The summed E-state index contributed by atoms with van der Waals surface area (Å²) in [7, 11) is -4.77. The van der Waals surface area contributed by atoms with Crippen molar-refractivity contribution in [3.63, 3.8) is 0 Å². The highest BCUT2D eigenvalue weighted by Crippen LogP contribution is 2.43. The van der Waals surface area contributed by atoms with Gasteiger partial charge in [-0.2, -0.15) is 0 Å². The highest BCUT2D eigenvalue weighted by atomic mass is 31.2. The van der Waals surface area contributed by atoms with Crippen LogP contribution in [0, 0.1) is 0 Å². The Morgan fingerprint density at radius 3 is 1.38 bits per heavy atom. The van der Waals surface area contributed by atoms with Crippen molar-refractivity contribution in [2.75, 3.05) is 19.8 Å². The van der Waals surface area contributed by atoms with E-state index in [-0.39, 0.29) is 12.8 Å². The third kappa shape index (κ3) is 43.9. The number of carbonyl (C=O) groups excluding carboxylic acids is 2. The summed E-state index contributed by atoms with van der Waals surface area (Å²) in [6.45, 7) is 2.57. The summed E-state index contributed by atoms with van der Waals surface area (Å²) in [5.74, 6) is -2.41. The molecule has 3 atom stereocenters. The van der Waals surface area contributed by atoms with Gasteiger partial charge in [0.1, 0.15) is 12.7 Å². The number of nitrogens with one attached hydrogen (secondary N) is 1. The second-order valence-corrected chi connectivity index (χ2v) is 17.8. The Bertz CT molecular complexity index is 1220. The maximum Gasteiger partial charge on any atom is 0.472 e. The average Bonchev–Trinajstić information content (AvgIpc) is 3.24. The molecule has 0 aliphatic carbocycles. The number of hydrogen-bond donors (Lipinski definition) is 4. The molecule has 1 amide bonds. The summed E-state index contributed by atoms with van der Waals surface area (Å²) < 4.78 is 26.9. The first-order valence-corrected chi connectivity index (χ1v) is 25.7. The number of amides is 1. The standard InChI is InChI=1S/C49H88NO10P/c1-3-5-7-9-11-13-15-17-19-21-23-24-26-28-30-32-34-36-38-40-47(52)50-46(49(54)55)44-60-61(56,57)59-43-45(51)42-58-48(53)41-39-37-35-33-31-29-27-25-22-20-18-16-14-12-10-8-6-4-2/h11,13,17,19,23-24,28,30,45-46,51H,3-10,12,14-16,18,20-22,25-27,29,31-44H2,1-2H3,(H,50,52)(H,54,55)(H,56,57)/b13-11-,19-17-,24-23-,30-28-. The molecule has 0 aromatic heterocycles. The quantitative estimate of drug-likeness (QED) is 0.0200. The predicted octanol–water partition coefficient (Wildman–Crippen LogP) is 13.0. The number of rotatable bonds is 45. The van der Waals surface area contributed by atoms with Crippen molar-refractivity contribution in [2.24, 2.45) is 0 Å². The molecular formula is C49H88NO10P. The monoisotopic (exact) mass is 882 g/mol. The van der Waals surface area contributed by atoms with Crippen LogP contribution in [0.15, 0.2) is 48.6 Å². The van der Waals surface area contributed by atoms with E-state index in [0.29, 0.717) is 12.8 Å². The Hall–Kier alpha value is -2.56. The summed E-state index contributed by atoms with van der Waals surface area (Å²) in [4.78, 5) is 46.0. The maximum atomic E-state index is 12.3. The van der Waals surface area contributed by atoms with E-state index < -0.39 is 57.6 Å². The van der Waals surface area contributed by atoms with E-state index in [1.807, 2.05) is 0 Å². The van der Waals surface area contributed by atoms with Crippen LogP contribution in [0.2, 0.25) is 0 Å². The smallest absolute Gasteiger partial charge is 0.472 e. The second-order valence-electron chi connectivity index (χ2n) is 16.3. The summed E-state index contributed by atoms with van der Waals surface area (Å²) in [6, 6.07) is -1.56. The van der Waals surface area contributed by atoms with Crippen molar-refractivity contribution in [1.82, 2.24) is 5.32 Å². The lowest BCUT2D eigenvalue weighted by Crippen LogP contribution is -2.43. The van der Waals surface area contributed by atoms with Gasteiger partial charge in [-0.05, 0) is 57.8 Å². The van der Waals surface area contributed by atoms with Gasteiger partial charge < -0.3 is 25.2 Å². The van der Waals surface area contributed by atoms with Gasteiger partial charge in [0.2, 0.25) is 5.91 Å². The molecule has 11 nitrogen and oxygen atoms in total. The second kappa shape index (κ2) is 44.1. The van der Waals surface area contributed by atoms with E-state index in [2.05, 4.69) is 67.8 Å². The molecule has 0 saturated carbocycles. The van der Waals surface area contributed by atoms with Gasteiger partial charge >= 0.3 is 19.8 Å². The molecule has 0 fully saturated rings. The number of esters is 1. The van der Waals surface area contributed by atoms with Crippen LogP contribution in [0.1, 0.15) is 213 Å². The van der Waals surface area contributed by atoms with E-state index in [1.54, 1.807) is 0 Å². The number of carboxylic acid groups (broad SMARTS) is 1. The first kappa shape index (κ1) is 58.4. The Kier molecular flexibility index (Phi) is 42.2. The summed E-state index contributed by atoms with van der Waals surface area (Å²) >= 11 is 0.